The predicted octanol–water partition coefficient (Wildman–Crippen LogP) is 1.68. The Morgan fingerprint density at radius 1 is 1.40 bits per heavy atom. The fourth-order valence-corrected chi connectivity index (χ4v) is 3.34. The second kappa shape index (κ2) is 7.25. The first-order chi connectivity index (χ1) is 12.3. The van der Waals surface area contributed by atoms with E-state index in [2.05, 4.69) is 25.6 Å². The van der Waals surface area contributed by atoms with E-state index in [1.807, 2.05) is 18.3 Å². The van der Waals surface area contributed by atoms with Crippen molar-refractivity contribution < 1.29 is 9.52 Å². The number of rotatable bonds is 6. The van der Waals surface area contributed by atoms with Crippen molar-refractivity contribution in [1.82, 2.24) is 24.6 Å². The molecule has 1 aliphatic heterocycles. The zero-order valence-electron chi connectivity index (χ0n) is 14.1. The summed E-state index contributed by atoms with van der Waals surface area (Å²) in [7, 11) is 0. The van der Waals surface area contributed by atoms with Crippen molar-refractivity contribution in [3.8, 4) is 11.5 Å². The van der Waals surface area contributed by atoms with E-state index in [4.69, 9.17) is 9.52 Å². The van der Waals surface area contributed by atoms with Crippen LogP contribution in [0.25, 0.3) is 11.5 Å². The Morgan fingerprint density at radius 3 is 3.20 bits per heavy atom. The molecule has 4 rings (SSSR count). The summed E-state index contributed by atoms with van der Waals surface area (Å²) < 4.78 is 9.55. The van der Waals surface area contributed by atoms with Crippen molar-refractivity contribution in [2.75, 3.05) is 13.2 Å². The molecule has 132 valence electrons. The van der Waals surface area contributed by atoms with Gasteiger partial charge < -0.3 is 19.4 Å². The second-order valence-electron chi connectivity index (χ2n) is 6.51. The number of aromatic nitrogens is 4. The molecule has 7 nitrogen and oxygen atoms in total. The van der Waals surface area contributed by atoms with Crippen LogP contribution >= 0.6 is 0 Å². The van der Waals surface area contributed by atoms with Gasteiger partial charge in [-0.2, -0.15) is 5.10 Å². The van der Waals surface area contributed by atoms with Gasteiger partial charge in [-0.25, -0.2) is 4.98 Å². The van der Waals surface area contributed by atoms with Crippen LogP contribution in [0.1, 0.15) is 17.9 Å². The highest BCUT2D eigenvalue weighted by molar-refractivity contribution is 5.50. The molecule has 1 unspecified atom stereocenters. The van der Waals surface area contributed by atoms with Gasteiger partial charge in [-0.05, 0) is 31.2 Å². The van der Waals surface area contributed by atoms with Crippen molar-refractivity contribution in [3.63, 3.8) is 0 Å². The van der Waals surface area contributed by atoms with E-state index in [0.717, 1.165) is 43.3 Å². The second-order valence-corrected chi connectivity index (χ2v) is 6.51. The number of nitrogens with zero attached hydrogens (tertiary/aromatic N) is 4. The number of aliphatic hydroxyl groups excluding tert-OH is 1. The van der Waals surface area contributed by atoms with Gasteiger partial charge in [-0.15, -0.1) is 0 Å². The van der Waals surface area contributed by atoms with Crippen molar-refractivity contribution in [2.45, 2.75) is 32.5 Å². The van der Waals surface area contributed by atoms with Gasteiger partial charge in [0.15, 0.2) is 5.82 Å². The molecule has 0 aromatic carbocycles. The van der Waals surface area contributed by atoms with Crippen LogP contribution in [0.5, 0.6) is 0 Å². The lowest BCUT2D eigenvalue weighted by Gasteiger charge is -2.15. The molecule has 4 heterocycles. The summed E-state index contributed by atoms with van der Waals surface area (Å²) in [5.74, 6) is 1.81. The van der Waals surface area contributed by atoms with Crippen LogP contribution in [-0.2, 0) is 26.1 Å². The number of aryl methyl sites for hydroxylation is 1. The smallest absolute Gasteiger partial charge is 0.160 e. The van der Waals surface area contributed by atoms with Crippen molar-refractivity contribution in [2.24, 2.45) is 5.92 Å². The van der Waals surface area contributed by atoms with E-state index in [1.165, 1.54) is 5.69 Å². The number of furan rings is 1. The van der Waals surface area contributed by atoms with E-state index in [-0.39, 0.29) is 12.5 Å². The summed E-state index contributed by atoms with van der Waals surface area (Å²) in [5.41, 5.74) is 2.08. The summed E-state index contributed by atoms with van der Waals surface area (Å²) in [6, 6.07) is 5.92. The monoisotopic (exact) mass is 341 g/mol. The van der Waals surface area contributed by atoms with E-state index in [0.29, 0.717) is 13.0 Å². The summed E-state index contributed by atoms with van der Waals surface area (Å²) >= 11 is 0. The third kappa shape index (κ3) is 3.52. The fraction of sp³-hybridized carbons (Fsp3) is 0.444. The standard InChI is InChI=1S/C18H23N5O2/c24-13-14(9-16-3-1-8-25-16)12-22-7-5-20-18(22)17-10-15-11-19-4-2-6-23(15)21-17/h1,3,5,7-8,10,14,19,24H,2,4,6,9,11-13H2. The van der Waals surface area contributed by atoms with Gasteiger partial charge in [0.05, 0.1) is 12.0 Å². The molecule has 0 spiro atoms. The highest BCUT2D eigenvalue weighted by atomic mass is 16.3. The van der Waals surface area contributed by atoms with E-state index in [9.17, 15) is 5.11 Å². The Bertz CT molecular complexity index is 782. The van der Waals surface area contributed by atoms with Gasteiger partial charge >= 0.3 is 0 Å². The average Bonchev–Trinajstić information content (AvgIpc) is 3.34. The molecule has 0 fully saturated rings. The maximum absolute atomic E-state index is 9.75. The van der Waals surface area contributed by atoms with Crippen LogP contribution in [0.3, 0.4) is 0 Å². The summed E-state index contributed by atoms with van der Waals surface area (Å²) in [6.45, 7) is 3.57. The van der Waals surface area contributed by atoms with Gasteiger partial charge in [0.25, 0.3) is 0 Å². The molecule has 0 saturated carbocycles. The lowest BCUT2D eigenvalue weighted by molar-refractivity contribution is 0.204. The Morgan fingerprint density at radius 2 is 2.36 bits per heavy atom. The normalized spacial score (nSPS) is 15.7. The molecular weight excluding hydrogens is 318 g/mol. The van der Waals surface area contributed by atoms with Crippen molar-refractivity contribution in [1.29, 1.82) is 0 Å². The number of hydrogen-bond donors (Lipinski definition) is 2. The first-order valence-corrected chi connectivity index (χ1v) is 8.75. The van der Waals surface area contributed by atoms with Gasteiger partial charge in [0.1, 0.15) is 11.5 Å². The summed E-state index contributed by atoms with van der Waals surface area (Å²) in [6.07, 6.45) is 7.18. The first-order valence-electron chi connectivity index (χ1n) is 8.75. The quantitative estimate of drug-likeness (QED) is 0.713. The van der Waals surface area contributed by atoms with Crippen LogP contribution in [0.4, 0.5) is 0 Å². The lowest BCUT2D eigenvalue weighted by atomic mass is 10.0. The Hall–Kier alpha value is -2.38. The molecule has 3 aromatic rings. The van der Waals surface area contributed by atoms with E-state index < -0.39 is 0 Å². The highest BCUT2D eigenvalue weighted by Crippen LogP contribution is 2.21. The molecule has 1 aliphatic rings. The van der Waals surface area contributed by atoms with Crippen LogP contribution in [-0.4, -0.2) is 37.6 Å². The number of imidazole rings is 1. The Balaban J connectivity index is 1.54. The minimum Gasteiger partial charge on any atom is -0.469 e. The van der Waals surface area contributed by atoms with E-state index >= 15 is 0 Å². The molecular formula is C18H23N5O2. The topological polar surface area (TPSA) is 81.0 Å². The van der Waals surface area contributed by atoms with Crippen LogP contribution in [0.2, 0.25) is 0 Å². The largest absolute Gasteiger partial charge is 0.469 e. The third-order valence-corrected chi connectivity index (χ3v) is 4.62. The molecule has 7 heteroatoms. The molecule has 0 saturated heterocycles. The maximum atomic E-state index is 9.75. The SMILES string of the molecule is OCC(Cc1ccco1)Cn1ccnc1-c1cc2n(n1)CCCNC2. The minimum absolute atomic E-state index is 0.0706. The number of fused-ring (bicyclic) bond motifs is 1. The highest BCUT2D eigenvalue weighted by Gasteiger charge is 2.18. The molecule has 1 atom stereocenters. The third-order valence-electron chi connectivity index (χ3n) is 4.62. The van der Waals surface area contributed by atoms with Gasteiger partial charge in [0, 0.05) is 51.0 Å². The maximum Gasteiger partial charge on any atom is 0.160 e. The summed E-state index contributed by atoms with van der Waals surface area (Å²) in [4.78, 5) is 4.50. The summed E-state index contributed by atoms with van der Waals surface area (Å²) in [5, 5.41) is 17.9. The van der Waals surface area contributed by atoms with Crippen molar-refractivity contribution >= 4 is 0 Å². The molecule has 2 N–H and O–H groups in total. The average molecular weight is 341 g/mol. The molecule has 0 radical (unpaired) electrons. The lowest BCUT2D eigenvalue weighted by Crippen LogP contribution is -2.17. The zero-order chi connectivity index (χ0) is 17.1. The van der Waals surface area contributed by atoms with Gasteiger partial charge in [-0.3, -0.25) is 4.68 Å². The molecule has 25 heavy (non-hydrogen) atoms. The first kappa shape index (κ1) is 16.1. The molecule has 3 aromatic heterocycles. The zero-order valence-corrected chi connectivity index (χ0v) is 14.1. The number of aliphatic hydroxyl groups is 1. The van der Waals surface area contributed by atoms with Crippen LogP contribution in [0.15, 0.2) is 41.3 Å². The Labute approximate surface area is 146 Å². The predicted molar refractivity (Wildman–Crippen MR) is 92.8 cm³/mol. The number of nitrogens with one attached hydrogen (secondary N) is 1. The van der Waals surface area contributed by atoms with Crippen LogP contribution in [0, 0.1) is 5.92 Å². The molecule has 0 amide bonds. The molecule has 0 aliphatic carbocycles. The van der Waals surface area contributed by atoms with E-state index in [1.54, 1.807) is 12.5 Å². The van der Waals surface area contributed by atoms with Gasteiger partial charge in [-0.1, -0.05) is 0 Å². The minimum atomic E-state index is 0.0706. The Kier molecular flexibility index (Phi) is 4.67. The molecule has 0 bridgehead atoms. The van der Waals surface area contributed by atoms with Crippen molar-refractivity contribution in [3.05, 3.63) is 48.3 Å². The number of hydrogen-bond acceptors (Lipinski definition) is 5. The van der Waals surface area contributed by atoms with Gasteiger partial charge in [0.2, 0.25) is 0 Å². The van der Waals surface area contributed by atoms with Crippen LogP contribution < -0.4 is 5.32 Å². The fourth-order valence-electron chi connectivity index (χ4n) is 3.34.